The Bertz CT molecular complexity index is 1300. The Morgan fingerprint density at radius 3 is 2.46 bits per heavy atom. The Hall–Kier alpha value is -3.33. The van der Waals surface area contributed by atoms with Gasteiger partial charge in [0.1, 0.15) is 21.9 Å². The minimum Gasteiger partial charge on any atom is -0.379 e. The van der Waals surface area contributed by atoms with E-state index in [1.165, 1.54) is 23.9 Å². The lowest BCUT2D eigenvalue weighted by Crippen LogP contribution is -2.36. The molecule has 35 heavy (non-hydrogen) atoms. The van der Waals surface area contributed by atoms with E-state index in [9.17, 15) is 9.18 Å². The van der Waals surface area contributed by atoms with Crippen molar-refractivity contribution in [2.24, 2.45) is 0 Å². The molecule has 0 radical (unpaired) electrons. The largest absolute Gasteiger partial charge is 0.379 e. The second-order valence-electron chi connectivity index (χ2n) is 8.26. The molecule has 0 spiro atoms. The summed E-state index contributed by atoms with van der Waals surface area (Å²) in [6.07, 6.45) is 0. The van der Waals surface area contributed by atoms with E-state index in [4.69, 9.17) is 14.7 Å². The van der Waals surface area contributed by atoms with Gasteiger partial charge in [-0.15, -0.1) is 0 Å². The van der Waals surface area contributed by atoms with Crippen LogP contribution in [0.2, 0.25) is 0 Å². The van der Waals surface area contributed by atoms with E-state index < -0.39 is 5.25 Å². The zero-order valence-electron chi connectivity index (χ0n) is 19.1. The van der Waals surface area contributed by atoms with Crippen molar-refractivity contribution in [2.45, 2.75) is 16.8 Å². The Morgan fingerprint density at radius 1 is 0.971 bits per heavy atom. The van der Waals surface area contributed by atoms with Crippen molar-refractivity contribution in [3.8, 4) is 0 Å². The highest BCUT2D eigenvalue weighted by atomic mass is 32.2. The summed E-state index contributed by atoms with van der Waals surface area (Å²) in [5.41, 5.74) is 2.24. The molecule has 5 rings (SSSR count). The lowest BCUT2D eigenvalue weighted by molar-refractivity contribution is -0.115. The zero-order chi connectivity index (χ0) is 24.0. The van der Waals surface area contributed by atoms with Crippen molar-refractivity contribution >= 4 is 34.3 Å². The van der Waals surface area contributed by atoms with E-state index in [-0.39, 0.29) is 11.7 Å². The lowest BCUT2D eigenvalue weighted by atomic mass is 10.1. The number of fused-ring (bicyclic) bond motifs is 1. The van der Waals surface area contributed by atoms with Crippen molar-refractivity contribution in [1.82, 2.24) is 14.9 Å². The third-order valence-electron chi connectivity index (χ3n) is 5.76. The molecule has 1 aliphatic heterocycles. The van der Waals surface area contributed by atoms with Gasteiger partial charge in [-0.1, -0.05) is 60.3 Å². The number of hydrogen-bond donors (Lipinski definition) is 1. The first kappa shape index (κ1) is 23.4. The van der Waals surface area contributed by atoms with Crippen molar-refractivity contribution in [2.75, 3.05) is 31.6 Å². The number of morpholine rings is 1. The van der Waals surface area contributed by atoms with E-state index in [1.807, 2.05) is 54.6 Å². The number of nitrogens with one attached hydrogen (secondary N) is 1. The molecule has 1 aliphatic rings. The molecule has 0 saturated carbocycles. The number of carbonyl (C=O) groups excluding carboxylic acids is 1. The van der Waals surface area contributed by atoms with Crippen LogP contribution in [0.4, 0.5) is 10.1 Å². The van der Waals surface area contributed by atoms with E-state index >= 15 is 0 Å². The molecule has 1 fully saturated rings. The second kappa shape index (κ2) is 10.9. The average Bonchev–Trinajstić information content (AvgIpc) is 2.89. The van der Waals surface area contributed by atoms with E-state index in [1.54, 1.807) is 12.1 Å². The van der Waals surface area contributed by atoms with Gasteiger partial charge in [-0.3, -0.25) is 9.69 Å². The summed E-state index contributed by atoms with van der Waals surface area (Å²) in [7, 11) is 0. The highest BCUT2D eigenvalue weighted by molar-refractivity contribution is 8.00. The number of ether oxygens (including phenoxy) is 1. The fourth-order valence-electron chi connectivity index (χ4n) is 3.97. The summed E-state index contributed by atoms with van der Waals surface area (Å²) in [4.78, 5) is 25.4. The van der Waals surface area contributed by atoms with Gasteiger partial charge in [0.25, 0.3) is 0 Å². The quantitative estimate of drug-likeness (QED) is 0.289. The second-order valence-corrected chi connectivity index (χ2v) is 9.35. The van der Waals surface area contributed by atoms with E-state index in [2.05, 4.69) is 10.2 Å². The lowest BCUT2D eigenvalue weighted by Gasteiger charge is -2.26. The zero-order valence-corrected chi connectivity index (χ0v) is 19.9. The molecule has 1 amide bonds. The Kier molecular flexibility index (Phi) is 7.32. The topological polar surface area (TPSA) is 67.4 Å². The number of hydrogen-bond acceptors (Lipinski definition) is 6. The maximum Gasteiger partial charge on any atom is 0.242 e. The number of halogens is 1. The first-order chi connectivity index (χ1) is 17.2. The van der Waals surface area contributed by atoms with Gasteiger partial charge in [0, 0.05) is 24.2 Å². The molecule has 2 heterocycles. The summed E-state index contributed by atoms with van der Waals surface area (Å²) < 4.78 is 18.8. The van der Waals surface area contributed by atoms with Crippen molar-refractivity contribution in [3.05, 3.63) is 96.1 Å². The molecular formula is C27H25FN4O2S. The van der Waals surface area contributed by atoms with Crippen LogP contribution < -0.4 is 5.32 Å². The molecule has 6 nitrogen and oxygen atoms in total. The van der Waals surface area contributed by atoms with Gasteiger partial charge in [-0.2, -0.15) is 0 Å². The number of para-hydroxylation sites is 1. The third kappa shape index (κ3) is 5.85. The fourth-order valence-corrected chi connectivity index (χ4v) is 5.11. The molecule has 1 saturated heterocycles. The van der Waals surface area contributed by atoms with E-state index in [0.717, 1.165) is 40.4 Å². The Morgan fingerprint density at radius 2 is 1.69 bits per heavy atom. The van der Waals surface area contributed by atoms with Crippen LogP contribution >= 0.6 is 11.8 Å². The minimum atomic E-state index is -0.559. The first-order valence-corrected chi connectivity index (χ1v) is 12.4. The molecule has 8 heteroatoms. The van der Waals surface area contributed by atoms with Gasteiger partial charge in [-0.25, -0.2) is 14.4 Å². The maximum atomic E-state index is 13.4. The van der Waals surface area contributed by atoms with Crippen molar-refractivity contribution in [1.29, 1.82) is 0 Å². The van der Waals surface area contributed by atoms with Gasteiger partial charge in [0.15, 0.2) is 0 Å². The fraction of sp³-hybridized carbons (Fsp3) is 0.222. The smallest absolute Gasteiger partial charge is 0.242 e. The summed E-state index contributed by atoms with van der Waals surface area (Å²) in [5, 5.41) is 4.02. The van der Waals surface area contributed by atoms with Crippen LogP contribution in [0.25, 0.3) is 10.9 Å². The number of rotatable bonds is 7. The maximum absolute atomic E-state index is 13.4. The minimum absolute atomic E-state index is 0.203. The number of thioether (sulfide) groups is 1. The summed E-state index contributed by atoms with van der Waals surface area (Å²) in [6, 6.07) is 23.2. The molecule has 4 aromatic rings. The highest BCUT2D eigenvalue weighted by Crippen LogP contribution is 2.38. The molecule has 178 valence electrons. The molecule has 0 bridgehead atoms. The normalized spacial score (nSPS) is 15.1. The SMILES string of the molecule is O=C(Nc1ccc(F)cc1)C(Sc1nc(CN2CCOCC2)nc2ccccc12)c1ccccc1. The number of benzene rings is 3. The molecular weight excluding hydrogens is 463 g/mol. The predicted molar refractivity (Wildman–Crippen MR) is 136 cm³/mol. The summed E-state index contributed by atoms with van der Waals surface area (Å²) >= 11 is 1.40. The number of amides is 1. The van der Waals surface area contributed by atoms with Crippen molar-refractivity contribution in [3.63, 3.8) is 0 Å². The van der Waals surface area contributed by atoms with Crippen LogP contribution in [0.1, 0.15) is 16.6 Å². The Labute approximate surface area is 207 Å². The van der Waals surface area contributed by atoms with E-state index in [0.29, 0.717) is 25.4 Å². The van der Waals surface area contributed by atoms with Crippen LogP contribution in [-0.4, -0.2) is 47.1 Å². The highest BCUT2D eigenvalue weighted by Gasteiger charge is 2.25. The molecule has 0 aliphatic carbocycles. The van der Waals surface area contributed by atoms with Gasteiger partial charge < -0.3 is 10.1 Å². The first-order valence-electron chi connectivity index (χ1n) is 11.5. The van der Waals surface area contributed by atoms with Gasteiger partial charge in [0.2, 0.25) is 5.91 Å². The van der Waals surface area contributed by atoms with Gasteiger partial charge in [0.05, 0.1) is 25.3 Å². The number of nitrogens with zero attached hydrogens (tertiary/aromatic N) is 3. The Balaban J connectivity index is 1.48. The monoisotopic (exact) mass is 488 g/mol. The van der Waals surface area contributed by atoms with Crippen molar-refractivity contribution < 1.29 is 13.9 Å². The van der Waals surface area contributed by atoms with Crippen LogP contribution in [0, 0.1) is 5.82 Å². The van der Waals surface area contributed by atoms with Crippen LogP contribution in [-0.2, 0) is 16.1 Å². The predicted octanol–water partition coefficient (Wildman–Crippen LogP) is 5.07. The number of anilines is 1. The van der Waals surface area contributed by atoms with Crippen LogP contribution in [0.5, 0.6) is 0 Å². The standard InChI is InChI=1S/C27H25FN4O2S/c28-20-10-12-21(13-11-20)29-26(33)25(19-6-2-1-3-7-19)35-27-22-8-4-5-9-23(22)30-24(31-27)18-32-14-16-34-17-15-32/h1-13,25H,14-18H2,(H,29,33). The number of carbonyl (C=O) groups is 1. The average molecular weight is 489 g/mol. The van der Waals surface area contributed by atoms with Gasteiger partial charge >= 0.3 is 0 Å². The molecule has 1 N–H and O–H groups in total. The third-order valence-corrected chi connectivity index (χ3v) is 7.02. The molecule has 1 atom stereocenters. The van der Waals surface area contributed by atoms with Crippen LogP contribution in [0.3, 0.4) is 0 Å². The summed E-state index contributed by atoms with van der Waals surface area (Å²) in [5.74, 6) is 0.168. The number of aromatic nitrogens is 2. The molecule has 1 aromatic heterocycles. The molecule has 1 unspecified atom stereocenters. The molecule has 3 aromatic carbocycles. The van der Waals surface area contributed by atoms with Gasteiger partial charge in [-0.05, 0) is 35.9 Å². The van der Waals surface area contributed by atoms with Crippen LogP contribution in [0.15, 0.2) is 83.9 Å². The summed E-state index contributed by atoms with van der Waals surface area (Å²) in [6.45, 7) is 3.71.